The average molecular weight is 478 g/mol. The van der Waals surface area contributed by atoms with Crippen LogP contribution in [0.1, 0.15) is 23.8 Å². The summed E-state index contributed by atoms with van der Waals surface area (Å²) in [7, 11) is 0. The number of halogens is 1. The Balaban J connectivity index is 1.61. The zero-order valence-electron chi connectivity index (χ0n) is 17.7. The van der Waals surface area contributed by atoms with E-state index in [1.165, 1.54) is 22.7 Å². The van der Waals surface area contributed by atoms with Gasteiger partial charge in [0, 0.05) is 10.6 Å². The number of nitrogens with zero attached hydrogens (tertiary/aromatic N) is 3. The molecule has 0 aliphatic carbocycles. The molecule has 1 aliphatic heterocycles. The lowest BCUT2D eigenvalue weighted by molar-refractivity contribution is -0.122. The molecule has 0 radical (unpaired) electrons. The van der Waals surface area contributed by atoms with Crippen molar-refractivity contribution in [2.45, 2.75) is 13.5 Å². The van der Waals surface area contributed by atoms with E-state index in [0.717, 1.165) is 11.1 Å². The van der Waals surface area contributed by atoms with Crippen LogP contribution in [0.25, 0.3) is 12.2 Å². The van der Waals surface area contributed by atoms with E-state index in [1.54, 1.807) is 42.8 Å². The van der Waals surface area contributed by atoms with E-state index in [0.29, 0.717) is 26.4 Å². The number of phenols is 1. The normalized spacial score (nSPS) is 17.1. The molecule has 2 aromatic carbocycles. The Bertz CT molecular complexity index is 1270. The van der Waals surface area contributed by atoms with Gasteiger partial charge in [-0.05, 0) is 66.2 Å². The molecule has 0 spiro atoms. The Labute approximate surface area is 200 Å². The summed E-state index contributed by atoms with van der Waals surface area (Å²) in [6.45, 7) is 2.14. The SMILES string of the molecule is CC(/C=N\N=C1\S/C(=C\c2cc(Cl)ccc2O)C(=O)N1Cc1ccco1)=C\c1ccccc1. The second kappa shape index (κ2) is 10.4. The van der Waals surface area contributed by atoms with Gasteiger partial charge in [-0.25, -0.2) is 0 Å². The molecular formula is C25H20ClN3O3S. The molecule has 6 nitrogen and oxygen atoms in total. The molecule has 0 saturated carbocycles. The van der Waals surface area contributed by atoms with Gasteiger partial charge in [0.25, 0.3) is 5.91 Å². The second-order valence-corrected chi connectivity index (χ2v) is 8.66. The summed E-state index contributed by atoms with van der Waals surface area (Å²) in [5.41, 5.74) is 2.42. The molecule has 8 heteroatoms. The van der Waals surface area contributed by atoms with Gasteiger partial charge >= 0.3 is 0 Å². The van der Waals surface area contributed by atoms with Crippen LogP contribution in [0, 0.1) is 0 Å². The highest BCUT2D eigenvalue weighted by molar-refractivity contribution is 8.18. The van der Waals surface area contributed by atoms with Gasteiger partial charge in [-0.2, -0.15) is 5.10 Å². The van der Waals surface area contributed by atoms with Crippen LogP contribution >= 0.6 is 23.4 Å². The van der Waals surface area contributed by atoms with Crippen LogP contribution in [0.5, 0.6) is 5.75 Å². The minimum Gasteiger partial charge on any atom is -0.507 e. The minimum absolute atomic E-state index is 0.0305. The Hall–Kier alpha value is -3.55. The summed E-state index contributed by atoms with van der Waals surface area (Å²) < 4.78 is 5.41. The van der Waals surface area contributed by atoms with Crippen molar-refractivity contribution in [3.8, 4) is 5.75 Å². The summed E-state index contributed by atoms with van der Waals surface area (Å²) in [6, 6.07) is 18.1. The highest BCUT2D eigenvalue weighted by Gasteiger charge is 2.34. The van der Waals surface area contributed by atoms with E-state index in [2.05, 4.69) is 10.2 Å². The average Bonchev–Trinajstić information content (AvgIpc) is 3.41. The monoisotopic (exact) mass is 477 g/mol. The summed E-state index contributed by atoms with van der Waals surface area (Å²) in [5, 5.41) is 19.5. The fourth-order valence-corrected chi connectivity index (χ4v) is 4.19. The van der Waals surface area contributed by atoms with Crippen LogP contribution in [-0.4, -0.2) is 27.3 Å². The van der Waals surface area contributed by atoms with Crippen LogP contribution in [0.15, 0.2) is 92.0 Å². The van der Waals surface area contributed by atoms with Gasteiger partial charge < -0.3 is 9.52 Å². The summed E-state index contributed by atoms with van der Waals surface area (Å²) in [5.74, 6) is 0.386. The third-order valence-corrected chi connectivity index (χ3v) is 5.89. The predicted octanol–water partition coefficient (Wildman–Crippen LogP) is 6.20. The number of carbonyl (C=O) groups excluding carboxylic acids is 1. The fourth-order valence-electron chi connectivity index (χ4n) is 3.08. The smallest absolute Gasteiger partial charge is 0.267 e. The highest BCUT2D eigenvalue weighted by Crippen LogP contribution is 2.35. The van der Waals surface area contributed by atoms with Crippen LogP contribution in [0.2, 0.25) is 5.02 Å². The molecule has 1 aromatic heterocycles. The molecule has 166 valence electrons. The molecule has 33 heavy (non-hydrogen) atoms. The quantitative estimate of drug-likeness (QED) is 0.260. The maximum Gasteiger partial charge on any atom is 0.267 e. The second-order valence-electron chi connectivity index (χ2n) is 7.21. The number of rotatable bonds is 6. The lowest BCUT2D eigenvalue weighted by Gasteiger charge is -2.12. The van der Waals surface area contributed by atoms with Crippen molar-refractivity contribution in [1.82, 2.24) is 4.90 Å². The zero-order chi connectivity index (χ0) is 23.2. The van der Waals surface area contributed by atoms with Gasteiger partial charge in [-0.3, -0.25) is 9.69 Å². The number of phenolic OH excluding ortho intramolecular Hbond substituents is 1. The van der Waals surface area contributed by atoms with Crippen molar-refractivity contribution in [1.29, 1.82) is 0 Å². The van der Waals surface area contributed by atoms with Crippen LogP contribution in [-0.2, 0) is 11.3 Å². The summed E-state index contributed by atoms with van der Waals surface area (Å²) in [6.07, 6.45) is 6.78. The standard InChI is InChI=1S/C25H20ClN3O3S/c1-17(12-18-6-3-2-4-7-18)15-27-28-25-29(16-21-8-5-11-32-21)24(31)23(33-25)14-19-13-20(26)9-10-22(19)30/h2-15,30H,16H2,1H3/b17-12+,23-14-,27-15-,28-25+. The van der Waals surface area contributed by atoms with Gasteiger partial charge in [-0.15, -0.1) is 5.10 Å². The number of aromatic hydroxyl groups is 1. The zero-order valence-corrected chi connectivity index (χ0v) is 19.3. The molecule has 2 heterocycles. The van der Waals surface area contributed by atoms with Gasteiger partial charge in [0.05, 0.1) is 23.9 Å². The molecule has 0 unspecified atom stereocenters. The largest absolute Gasteiger partial charge is 0.507 e. The van der Waals surface area contributed by atoms with E-state index >= 15 is 0 Å². The van der Waals surface area contributed by atoms with Crippen LogP contribution in [0.3, 0.4) is 0 Å². The van der Waals surface area contributed by atoms with Gasteiger partial charge in [-0.1, -0.05) is 48.0 Å². The minimum atomic E-state index is -0.263. The molecule has 0 bridgehead atoms. The Morgan fingerprint density at radius 3 is 2.76 bits per heavy atom. The first-order valence-corrected chi connectivity index (χ1v) is 11.3. The lowest BCUT2D eigenvalue weighted by atomic mass is 10.1. The van der Waals surface area contributed by atoms with Crippen molar-refractivity contribution < 1.29 is 14.3 Å². The topological polar surface area (TPSA) is 78.4 Å². The molecule has 0 atom stereocenters. The van der Waals surface area contributed by atoms with E-state index in [-0.39, 0.29) is 18.2 Å². The van der Waals surface area contributed by atoms with Crippen molar-refractivity contribution in [2.75, 3.05) is 0 Å². The maximum atomic E-state index is 13.1. The fraction of sp³-hybridized carbons (Fsp3) is 0.0800. The van der Waals surface area contributed by atoms with E-state index in [4.69, 9.17) is 16.0 Å². The summed E-state index contributed by atoms with van der Waals surface area (Å²) in [4.78, 5) is 15.0. The number of benzene rings is 2. The molecular weight excluding hydrogens is 458 g/mol. The Kier molecular flexibility index (Phi) is 7.12. The Morgan fingerprint density at radius 2 is 2.00 bits per heavy atom. The number of hydrogen-bond donors (Lipinski definition) is 1. The number of carbonyl (C=O) groups is 1. The van der Waals surface area contributed by atoms with Gasteiger partial charge in [0.1, 0.15) is 11.5 Å². The third-order valence-electron chi connectivity index (χ3n) is 4.66. The van der Waals surface area contributed by atoms with Crippen molar-refractivity contribution in [3.63, 3.8) is 0 Å². The number of amidine groups is 1. The lowest BCUT2D eigenvalue weighted by Crippen LogP contribution is -2.28. The predicted molar refractivity (Wildman–Crippen MR) is 134 cm³/mol. The first kappa shape index (κ1) is 22.6. The number of hydrogen-bond acceptors (Lipinski definition) is 6. The van der Waals surface area contributed by atoms with Gasteiger partial charge in [0.15, 0.2) is 5.17 Å². The first-order valence-electron chi connectivity index (χ1n) is 10.1. The van der Waals surface area contributed by atoms with E-state index < -0.39 is 0 Å². The maximum absolute atomic E-state index is 13.1. The molecule has 1 amide bonds. The molecule has 1 fully saturated rings. The Morgan fingerprint density at radius 1 is 1.18 bits per heavy atom. The molecule has 1 saturated heterocycles. The van der Waals surface area contributed by atoms with Crippen LogP contribution < -0.4 is 0 Å². The van der Waals surface area contributed by atoms with E-state index in [1.807, 2.05) is 43.3 Å². The molecule has 1 aliphatic rings. The number of allylic oxidation sites excluding steroid dienone is 1. The highest BCUT2D eigenvalue weighted by atomic mass is 35.5. The number of furan rings is 1. The van der Waals surface area contributed by atoms with E-state index in [9.17, 15) is 9.90 Å². The van der Waals surface area contributed by atoms with Crippen molar-refractivity contribution >= 4 is 52.8 Å². The first-order chi connectivity index (χ1) is 16.0. The number of thioether (sulfide) groups is 1. The van der Waals surface area contributed by atoms with Crippen molar-refractivity contribution in [2.24, 2.45) is 10.2 Å². The molecule has 1 N–H and O–H groups in total. The van der Waals surface area contributed by atoms with Crippen molar-refractivity contribution in [3.05, 3.63) is 99.3 Å². The third kappa shape index (κ3) is 5.83. The molecule has 4 rings (SSSR count). The number of amides is 1. The molecule has 3 aromatic rings. The van der Waals surface area contributed by atoms with Crippen LogP contribution in [0.4, 0.5) is 0 Å². The summed E-state index contributed by atoms with van der Waals surface area (Å²) >= 11 is 7.22. The van der Waals surface area contributed by atoms with Gasteiger partial charge in [0.2, 0.25) is 0 Å².